The van der Waals surface area contributed by atoms with Gasteiger partial charge in [-0.25, -0.2) is 9.78 Å². The zero-order chi connectivity index (χ0) is 16.2. The predicted octanol–water partition coefficient (Wildman–Crippen LogP) is 2.86. The summed E-state index contributed by atoms with van der Waals surface area (Å²) in [7, 11) is 0. The van der Waals surface area contributed by atoms with Crippen LogP contribution >= 0.6 is 0 Å². The molecular weight excluding hydrogens is 284 g/mol. The molecule has 2 N–H and O–H groups in total. The summed E-state index contributed by atoms with van der Waals surface area (Å²) >= 11 is 0. The van der Waals surface area contributed by atoms with Gasteiger partial charge in [-0.15, -0.1) is 0 Å². The number of rotatable bonds is 4. The van der Waals surface area contributed by atoms with E-state index < -0.39 is 11.7 Å². The highest BCUT2D eigenvalue weighted by Crippen LogP contribution is 2.19. The molecule has 6 nitrogen and oxygen atoms in total. The van der Waals surface area contributed by atoms with Gasteiger partial charge in [-0.2, -0.15) is 0 Å². The number of aliphatic hydroxyl groups is 1. The Morgan fingerprint density at radius 2 is 2.00 bits per heavy atom. The molecule has 0 spiro atoms. The molecule has 0 fully saturated rings. The molecule has 118 valence electrons. The molecule has 0 unspecified atom stereocenters. The summed E-state index contributed by atoms with van der Waals surface area (Å²) in [6.07, 6.45) is 0.977. The Morgan fingerprint density at radius 1 is 1.32 bits per heavy atom. The van der Waals surface area contributed by atoms with E-state index in [1.807, 2.05) is 45.0 Å². The van der Waals surface area contributed by atoms with E-state index in [9.17, 15) is 4.79 Å². The zero-order valence-corrected chi connectivity index (χ0v) is 12.9. The molecule has 0 aliphatic rings. The van der Waals surface area contributed by atoms with Crippen LogP contribution in [0.1, 0.15) is 32.0 Å². The van der Waals surface area contributed by atoms with Crippen molar-refractivity contribution < 1.29 is 19.1 Å². The number of carbonyl (C=O) groups excluding carboxylic acids is 1. The molecule has 0 saturated heterocycles. The van der Waals surface area contributed by atoms with Crippen LogP contribution in [0.25, 0.3) is 11.5 Å². The van der Waals surface area contributed by atoms with Crippen molar-refractivity contribution in [2.45, 2.75) is 39.5 Å². The van der Waals surface area contributed by atoms with E-state index in [-0.39, 0.29) is 6.61 Å². The highest BCUT2D eigenvalue weighted by atomic mass is 16.6. The third-order valence-corrected chi connectivity index (χ3v) is 2.75. The van der Waals surface area contributed by atoms with Crippen LogP contribution < -0.4 is 5.32 Å². The first kappa shape index (κ1) is 16.0. The van der Waals surface area contributed by atoms with Gasteiger partial charge < -0.3 is 19.6 Å². The number of nitrogens with one attached hydrogen (secondary N) is 1. The predicted molar refractivity (Wildman–Crippen MR) is 80.9 cm³/mol. The molecule has 2 rings (SSSR count). The van der Waals surface area contributed by atoms with Crippen molar-refractivity contribution in [1.29, 1.82) is 0 Å². The SMILES string of the molecule is CC(C)(C)OC(=O)NCc1ccc(-c2nc(CO)co2)cc1. The average molecular weight is 304 g/mol. The molecule has 6 heteroatoms. The van der Waals surface area contributed by atoms with E-state index in [2.05, 4.69) is 10.3 Å². The van der Waals surface area contributed by atoms with Crippen LogP contribution in [0.4, 0.5) is 4.79 Å². The molecule has 0 atom stereocenters. The van der Waals surface area contributed by atoms with E-state index >= 15 is 0 Å². The summed E-state index contributed by atoms with van der Waals surface area (Å²) in [6.45, 7) is 5.68. The van der Waals surface area contributed by atoms with Crippen LogP contribution in [0.5, 0.6) is 0 Å². The van der Waals surface area contributed by atoms with Crippen LogP contribution in [0.15, 0.2) is 34.9 Å². The Hall–Kier alpha value is -2.34. The van der Waals surface area contributed by atoms with Crippen molar-refractivity contribution in [3.8, 4) is 11.5 Å². The number of benzene rings is 1. The van der Waals surface area contributed by atoms with Crippen LogP contribution in [-0.2, 0) is 17.9 Å². The second kappa shape index (κ2) is 6.62. The van der Waals surface area contributed by atoms with Gasteiger partial charge in [0.25, 0.3) is 0 Å². The lowest BCUT2D eigenvalue weighted by Gasteiger charge is -2.19. The lowest BCUT2D eigenvalue weighted by atomic mass is 10.1. The Morgan fingerprint density at radius 3 is 2.55 bits per heavy atom. The maximum Gasteiger partial charge on any atom is 0.407 e. The number of hydrogen-bond acceptors (Lipinski definition) is 5. The summed E-state index contributed by atoms with van der Waals surface area (Å²) in [6, 6.07) is 7.43. The average Bonchev–Trinajstić information content (AvgIpc) is 2.93. The Balaban J connectivity index is 1.93. The fourth-order valence-electron chi connectivity index (χ4n) is 1.77. The summed E-state index contributed by atoms with van der Waals surface area (Å²) in [5.41, 5.74) is 1.72. The van der Waals surface area contributed by atoms with Crippen molar-refractivity contribution >= 4 is 6.09 Å². The molecule has 1 aromatic carbocycles. The first-order valence-electron chi connectivity index (χ1n) is 6.99. The summed E-state index contributed by atoms with van der Waals surface area (Å²) in [4.78, 5) is 15.7. The quantitative estimate of drug-likeness (QED) is 0.907. The topological polar surface area (TPSA) is 84.6 Å². The van der Waals surface area contributed by atoms with Gasteiger partial charge >= 0.3 is 6.09 Å². The number of aromatic nitrogens is 1. The molecule has 1 amide bonds. The second-order valence-corrected chi connectivity index (χ2v) is 5.85. The van der Waals surface area contributed by atoms with Crippen molar-refractivity contribution in [3.63, 3.8) is 0 Å². The number of hydrogen-bond donors (Lipinski definition) is 2. The van der Waals surface area contributed by atoms with E-state index in [0.29, 0.717) is 18.1 Å². The van der Waals surface area contributed by atoms with Crippen LogP contribution in [-0.4, -0.2) is 21.8 Å². The molecule has 1 heterocycles. The smallest absolute Gasteiger partial charge is 0.407 e. The van der Waals surface area contributed by atoms with Gasteiger partial charge in [-0.3, -0.25) is 0 Å². The van der Waals surface area contributed by atoms with Gasteiger partial charge in [0.1, 0.15) is 17.6 Å². The maximum atomic E-state index is 11.6. The minimum absolute atomic E-state index is 0.151. The molecule has 0 bridgehead atoms. The summed E-state index contributed by atoms with van der Waals surface area (Å²) < 4.78 is 10.4. The Labute approximate surface area is 129 Å². The van der Waals surface area contributed by atoms with Gasteiger partial charge in [0, 0.05) is 12.1 Å². The van der Waals surface area contributed by atoms with Crippen LogP contribution in [0.2, 0.25) is 0 Å². The normalized spacial score (nSPS) is 11.3. The van der Waals surface area contributed by atoms with Gasteiger partial charge in [-0.1, -0.05) is 12.1 Å². The number of aliphatic hydroxyl groups excluding tert-OH is 1. The largest absolute Gasteiger partial charge is 0.444 e. The van der Waals surface area contributed by atoms with E-state index in [0.717, 1.165) is 11.1 Å². The summed E-state index contributed by atoms with van der Waals surface area (Å²) in [5.74, 6) is 0.454. The molecule has 0 aliphatic carbocycles. The van der Waals surface area contributed by atoms with E-state index in [4.69, 9.17) is 14.3 Å². The zero-order valence-electron chi connectivity index (χ0n) is 12.9. The molecular formula is C16H20N2O4. The second-order valence-electron chi connectivity index (χ2n) is 5.85. The molecule has 0 aliphatic heterocycles. The fourth-order valence-corrected chi connectivity index (χ4v) is 1.77. The van der Waals surface area contributed by atoms with Gasteiger partial charge in [0.05, 0.1) is 6.61 Å². The van der Waals surface area contributed by atoms with Crippen molar-refractivity contribution in [1.82, 2.24) is 10.3 Å². The molecule has 0 radical (unpaired) electrons. The van der Waals surface area contributed by atoms with Crippen molar-refractivity contribution in [2.24, 2.45) is 0 Å². The molecule has 22 heavy (non-hydrogen) atoms. The number of alkyl carbamates (subject to hydrolysis) is 1. The molecule has 0 saturated carbocycles. The third kappa shape index (κ3) is 4.60. The van der Waals surface area contributed by atoms with Crippen LogP contribution in [0.3, 0.4) is 0 Å². The van der Waals surface area contributed by atoms with Crippen LogP contribution in [0, 0.1) is 0 Å². The fraction of sp³-hybridized carbons (Fsp3) is 0.375. The number of nitrogens with zero attached hydrogens (tertiary/aromatic N) is 1. The highest BCUT2D eigenvalue weighted by Gasteiger charge is 2.15. The molecule has 1 aromatic heterocycles. The van der Waals surface area contributed by atoms with E-state index in [1.165, 1.54) is 6.26 Å². The number of amides is 1. The maximum absolute atomic E-state index is 11.6. The lowest BCUT2D eigenvalue weighted by molar-refractivity contribution is 0.0523. The van der Waals surface area contributed by atoms with Gasteiger partial charge in [0.2, 0.25) is 5.89 Å². The van der Waals surface area contributed by atoms with Gasteiger partial charge in [-0.05, 0) is 38.5 Å². The van der Waals surface area contributed by atoms with Crippen molar-refractivity contribution in [3.05, 3.63) is 41.8 Å². The number of ether oxygens (including phenoxy) is 1. The van der Waals surface area contributed by atoms with Gasteiger partial charge in [0.15, 0.2) is 0 Å². The lowest BCUT2D eigenvalue weighted by Crippen LogP contribution is -2.32. The number of carbonyl (C=O) groups is 1. The standard InChI is InChI=1S/C16H20N2O4/c1-16(2,3)22-15(20)17-8-11-4-6-12(7-5-11)14-18-13(9-19)10-21-14/h4-7,10,19H,8-9H2,1-3H3,(H,17,20). The van der Waals surface area contributed by atoms with E-state index in [1.54, 1.807) is 0 Å². The number of oxazole rings is 1. The monoisotopic (exact) mass is 304 g/mol. The highest BCUT2D eigenvalue weighted by molar-refractivity contribution is 5.67. The minimum atomic E-state index is -0.511. The molecule has 2 aromatic rings. The Bertz CT molecular complexity index is 626. The first-order valence-corrected chi connectivity index (χ1v) is 6.99. The minimum Gasteiger partial charge on any atom is -0.444 e. The third-order valence-electron chi connectivity index (χ3n) is 2.75. The first-order chi connectivity index (χ1) is 10.4. The van der Waals surface area contributed by atoms with Crippen molar-refractivity contribution in [2.75, 3.05) is 0 Å². The summed E-state index contributed by atoms with van der Waals surface area (Å²) in [5, 5.41) is 11.7. The Kier molecular flexibility index (Phi) is 4.82.